The summed E-state index contributed by atoms with van der Waals surface area (Å²) in [6, 6.07) is 12.4. The van der Waals surface area contributed by atoms with Crippen molar-refractivity contribution in [2.45, 2.75) is 84.2 Å². The lowest BCUT2D eigenvalue weighted by molar-refractivity contribution is 0.0925. The van der Waals surface area contributed by atoms with Crippen LogP contribution in [0.1, 0.15) is 109 Å². The highest BCUT2D eigenvalue weighted by molar-refractivity contribution is 6.35. The number of para-hydroxylation sites is 1. The fourth-order valence-corrected chi connectivity index (χ4v) is 4.94. The Kier molecular flexibility index (Phi) is 6.29. The van der Waals surface area contributed by atoms with Crippen molar-refractivity contribution in [2.24, 2.45) is 0 Å². The maximum absolute atomic E-state index is 13.5. The third kappa shape index (κ3) is 4.18. The minimum absolute atomic E-state index is 0.200. The van der Waals surface area contributed by atoms with E-state index >= 15 is 0 Å². The Bertz CT molecular complexity index is 960. The van der Waals surface area contributed by atoms with Crippen LogP contribution in [0.3, 0.4) is 0 Å². The van der Waals surface area contributed by atoms with Crippen LogP contribution in [0.2, 0.25) is 0 Å². The summed E-state index contributed by atoms with van der Waals surface area (Å²) in [6.07, 6.45) is 6.36. The SMILES string of the molecule is CC(C)c1cccc(C(C)C)c1N1C(=O)c2ccc(CNC3CCCCC3)cc2C1=O. The zero-order chi connectivity index (χ0) is 22.1. The monoisotopic (exact) mass is 418 g/mol. The summed E-state index contributed by atoms with van der Waals surface area (Å²) in [5.41, 5.74) is 4.97. The smallest absolute Gasteiger partial charge is 0.266 e. The average molecular weight is 419 g/mol. The number of carbonyl (C=O) groups is 2. The number of nitrogens with zero attached hydrogens (tertiary/aromatic N) is 1. The predicted octanol–water partition coefficient (Wildman–Crippen LogP) is 6.16. The number of anilines is 1. The van der Waals surface area contributed by atoms with Gasteiger partial charge in [-0.3, -0.25) is 9.59 Å². The number of benzene rings is 2. The van der Waals surface area contributed by atoms with Gasteiger partial charge in [0.2, 0.25) is 0 Å². The first-order valence-corrected chi connectivity index (χ1v) is 11.8. The van der Waals surface area contributed by atoms with E-state index in [1.165, 1.54) is 37.0 Å². The third-order valence-corrected chi connectivity index (χ3v) is 6.72. The standard InChI is InChI=1S/C27H34N2O2/c1-17(2)21-11-8-12-22(18(3)4)25(21)29-26(30)23-14-13-19(15-24(23)27(29)31)16-28-20-9-6-5-7-10-20/h8,11-15,17-18,20,28H,5-7,9-10,16H2,1-4H3. The van der Waals surface area contributed by atoms with Crippen LogP contribution < -0.4 is 10.2 Å². The van der Waals surface area contributed by atoms with Crippen molar-refractivity contribution in [3.05, 3.63) is 64.2 Å². The Morgan fingerprint density at radius 1 is 0.871 bits per heavy atom. The van der Waals surface area contributed by atoms with Crippen LogP contribution in [0, 0.1) is 0 Å². The Morgan fingerprint density at radius 2 is 1.48 bits per heavy atom. The summed E-state index contributed by atoms with van der Waals surface area (Å²) < 4.78 is 0. The first-order chi connectivity index (χ1) is 14.9. The molecule has 1 aliphatic heterocycles. The number of hydrogen-bond acceptors (Lipinski definition) is 3. The normalized spacial score (nSPS) is 17.2. The summed E-state index contributed by atoms with van der Waals surface area (Å²) >= 11 is 0. The molecule has 0 saturated heterocycles. The second-order valence-electron chi connectivity index (χ2n) is 9.64. The van der Waals surface area contributed by atoms with Crippen LogP contribution in [0.5, 0.6) is 0 Å². The number of nitrogens with one attached hydrogen (secondary N) is 1. The molecule has 0 spiro atoms. The van der Waals surface area contributed by atoms with Gasteiger partial charge in [-0.2, -0.15) is 0 Å². The first kappa shape index (κ1) is 21.8. The van der Waals surface area contributed by atoms with Gasteiger partial charge in [-0.1, -0.05) is 71.2 Å². The van der Waals surface area contributed by atoms with Crippen LogP contribution in [-0.4, -0.2) is 17.9 Å². The topological polar surface area (TPSA) is 49.4 Å². The maximum Gasteiger partial charge on any atom is 0.266 e. The average Bonchev–Trinajstić information content (AvgIpc) is 3.01. The number of fused-ring (bicyclic) bond motifs is 1. The van der Waals surface area contributed by atoms with Crippen molar-refractivity contribution in [3.63, 3.8) is 0 Å². The fourth-order valence-electron chi connectivity index (χ4n) is 4.94. The molecule has 1 saturated carbocycles. The minimum atomic E-state index is -0.207. The van der Waals surface area contributed by atoms with E-state index in [4.69, 9.17) is 0 Å². The van der Waals surface area contributed by atoms with Crippen LogP contribution in [0.4, 0.5) is 5.69 Å². The van der Waals surface area contributed by atoms with E-state index < -0.39 is 0 Å². The van der Waals surface area contributed by atoms with Crippen molar-refractivity contribution in [3.8, 4) is 0 Å². The van der Waals surface area contributed by atoms with Gasteiger partial charge in [-0.15, -0.1) is 0 Å². The molecular formula is C27H34N2O2. The Morgan fingerprint density at radius 3 is 2.10 bits per heavy atom. The molecule has 0 aromatic heterocycles. The van der Waals surface area contributed by atoms with E-state index in [0.29, 0.717) is 17.2 Å². The van der Waals surface area contributed by atoms with Gasteiger partial charge in [0.15, 0.2) is 0 Å². The molecule has 0 unspecified atom stereocenters. The number of carbonyl (C=O) groups excluding carboxylic acids is 2. The molecule has 2 amide bonds. The Hall–Kier alpha value is -2.46. The minimum Gasteiger partial charge on any atom is -0.310 e. The molecule has 2 aromatic carbocycles. The van der Waals surface area contributed by atoms with Gasteiger partial charge in [0.05, 0.1) is 16.8 Å². The van der Waals surface area contributed by atoms with Crippen LogP contribution >= 0.6 is 0 Å². The largest absolute Gasteiger partial charge is 0.310 e. The molecule has 2 aromatic rings. The van der Waals surface area contributed by atoms with Gasteiger partial charge in [0, 0.05) is 12.6 Å². The number of hydrogen-bond donors (Lipinski definition) is 1. The van der Waals surface area contributed by atoms with Crippen molar-refractivity contribution in [1.82, 2.24) is 5.32 Å². The van der Waals surface area contributed by atoms with E-state index in [2.05, 4.69) is 33.0 Å². The molecule has 0 radical (unpaired) electrons. The molecule has 1 heterocycles. The van der Waals surface area contributed by atoms with Crippen molar-refractivity contribution < 1.29 is 9.59 Å². The zero-order valence-corrected chi connectivity index (χ0v) is 19.2. The van der Waals surface area contributed by atoms with Crippen LogP contribution in [0.25, 0.3) is 0 Å². The lowest BCUT2D eigenvalue weighted by atomic mass is 9.92. The number of rotatable bonds is 6. The summed E-state index contributed by atoms with van der Waals surface area (Å²) in [6.45, 7) is 9.16. The molecule has 4 rings (SSSR count). The molecule has 2 aliphatic rings. The van der Waals surface area contributed by atoms with Crippen molar-refractivity contribution in [2.75, 3.05) is 4.90 Å². The predicted molar refractivity (Wildman–Crippen MR) is 126 cm³/mol. The fraction of sp³-hybridized carbons (Fsp3) is 0.481. The van der Waals surface area contributed by atoms with E-state index in [1.54, 1.807) is 0 Å². The van der Waals surface area contributed by atoms with Gasteiger partial charge in [0.1, 0.15) is 0 Å². The Labute approximate surface area is 186 Å². The molecular weight excluding hydrogens is 384 g/mol. The zero-order valence-electron chi connectivity index (χ0n) is 19.2. The molecule has 1 aliphatic carbocycles. The van der Waals surface area contributed by atoms with Gasteiger partial charge in [-0.05, 0) is 53.5 Å². The molecule has 31 heavy (non-hydrogen) atoms. The number of imide groups is 1. The van der Waals surface area contributed by atoms with E-state index in [9.17, 15) is 9.59 Å². The van der Waals surface area contributed by atoms with Crippen LogP contribution in [0.15, 0.2) is 36.4 Å². The lowest BCUT2D eigenvalue weighted by Crippen LogP contribution is -2.32. The van der Waals surface area contributed by atoms with Crippen LogP contribution in [-0.2, 0) is 6.54 Å². The maximum atomic E-state index is 13.5. The van der Waals surface area contributed by atoms with Gasteiger partial charge < -0.3 is 5.32 Å². The molecule has 4 nitrogen and oxygen atoms in total. The Balaban J connectivity index is 1.65. The molecule has 0 bridgehead atoms. The van der Waals surface area contributed by atoms with Gasteiger partial charge in [-0.25, -0.2) is 4.90 Å². The van der Waals surface area contributed by atoms with E-state index in [-0.39, 0.29) is 23.7 Å². The second-order valence-corrected chi connectivity index (χ2v) is 9.64. The summed E-state index contributed by atoms with van der Waals surface area (Å²) in [4.78, 5) is 28.3. The van der Waals surface area contributed by atoms with Crippen molar-refractivity contribution in [1.29, 1.82) is 0 Å². The second kappa shape index (κ2) is 8.96. The van der Waals surface area contributed by atoms with Crippen molar-refractivity contribution >= 4 is 17.5 Å². The molecule has 0 atom stereocenters. The van der Waals surface area contributed by atoms with E-state index in [0.717, 1.165) is 28.9 Å². The van der Waals surface area contributed by atoms with E-state index in [1.807, 2.05) is 36.4 Å². The highest BCUT2D eigenvalue weighted by Gasteiger charge is 2.39. The third-order valence-electron chi connectivity index (χ3n) is 6.72. The summed E-state index contributed by atoms with van der Waals surface area (Å²) in [5, 5.41) is 3.64. The molecule has 4 heteroatoms. The summed E-state index contributed by atoms with van der Waals surface area (Å²) in [5.74, 6) is 0.0258. The van der Waals surface area contributed by atoms with Gasteiger partial charge in [0.25, 0.3) is 11.8 Å². The highest BCUT2D eigenvalue weighted by Crippen LogP contribution is 2.39. The number of amides is 2. The quantitative estimate of drug-likeness (QED) is 0.572. The lowest BCUT2D eigenvalue weighted by Gasteiger charge is -2.25. The molecule has 1 N–H and O–H groups in total. The van der Waals surface area contributed by atoms with Gasteiger partial charge >= 0.3 is 0 Å². The highest BCUT2D eigenvalue weighted by atomic mass is 16.2. The first-order valence-electron chi connectivity index (χ1n) is 11.8. The molecule has 164 valence electrons. The summed E-state index contributed by atoms with van der Waals surface area (Å²) in [7, 11) is 0. The molecule has 1 fully saturated rings.